The summed E-state index contributed by atoms with van der Waals surface area (Å²) >= 11 is 12.1. The molecule has 136 valence electrons. The fourth-order valence-electron chi connectivity index (χ4n) is 2.61. The van der Waals surface area contributed by atoms with Crippen molar-refractivity contribution in [3.63, 3.8) is 0 Å². The summed E-state index contributed by atoms with van der Waals surface area (Å²) in [5, 5.41) is 8.70. The van der Waals surface area contributed by atoms with Gasteiger partial charge in [-0.3, -0.25) is 9.48 Å². The van der Waals surface area contributed by atoms with Gasteiger partial charge in [0.25, 0.3) is 0 Å². The molecule has 1 aromatic carbocycles. The second-order valence-corrected chi connectivity index (χ2v) is 7.22. The Kier molecular flexibility index (Phi) is 6.87. The quantitative estimate of drug-likeness (QED) is 0.795. The van der Waals surface area contributed by atoms with E-state index in [1.807, 2.05) is 52.2 Å². The standard InChI is InChI=1S/C18H24Cl2N4O/c1-12-18(20)13(2)24(22-12)11-17(25)21-16(9-10-23(3)4)14-5-7-15(19)8-6-14/h5-8,16H,9-11H2,1-4H3,(H,21,25). The minimum Gasteiger partial charge on any atom is -0.348 e. The maximum Gasteiger partial charge on any atom is 0.242 e. The lowest BCUT2D eigenvalue weighted by Crippen LogP contribution is -2.33. The molecule has 5 nitrogen and oxygen atoms in total. The van der Waals surface area contributed by atoms with Crippen LogP contribution < -0.4 is 5.32 Å². The first kappa shape index (κ1) is 19.8. The van der Waals surface area contributed by atoms with Crippen LogP contribution >= 0.6 is 23.2 Å². The van der Waals surface area contributed by atoms with E-state index in [-0.39, 0.29) is 18.5 Å². The van der Waals surface area contributed by atoms with Gasteiger partial charge in [0.15, 0.2) is 0 Å². The summed E-state index contributed by atoms with van der Waals surface area (Å²) in [6, 6.07) is 7.49. The van der Waals surface area contributed by atoms with Crippen LogP contribution in [0.5, 0.6) is 0 Å². The van der Waals surface area contributed by atoms with Crippen molar-refractivity contribution in [1.29, 1.82) is 0 Å². The first-order valence-electron chi connectivity index (χ1n) is 8.17. The fraction of sp³-hybridized carbons (Fsp3) is 0.444. The molecule has 0 radical (unpaired) electrons. The number of carbonyl (C=O) groups is 1. The van der Waals surface area contributed by atoms with Gasteiger partial charge >= 0.3 is 0 Å². The van der Waals surface area contributed by atoms with E-state index in [4.69, 9.17) is 23.2 Å². The summed E-state index contributed by atoms with van der Waals surface area (Å²) in [6.07, 6.45) is 0.804. The highest BCUT2D eigenvalue weighted by Crippen LogP contribution is 2.21. The third kappa shape index (κ3) is 5.46. The van der Waals surface area contributed by atoms with E-state index in [0.717, 1.165) is 29.9 Å². The van der Waals surface area contributed by atoms with Crippen LogP contribution in [0.15, 0.2) is 24.3 Å². The fourth-order valence-corrected chi connectivity index (χ4v) is 2.87. The van der Waals surface area contributed by atoms with E-state index in [1.54, 1.807) is 4.68 Å². The largest absolute Gasteiger partial charge is 0.348 e. The zero-order chi connectivity index (χ0) is 18.6. The van der Waals surface area contributed by atoms with E-state index < -0.39 is 0 Å². The van der Waals surface area contributed by atoms with E-state index in [9.17, 15) is 4.79 Å². The second kappa shape index (κ2) is 8.70. The average molecular weight is 383 g/mol. The number of benzene rings is 1. The number of nitrogens with one attached hydrogen (secondary N) is 1. The van der Waals surface area contributed by atoms with Crippen LogP contribution in [-0.4, -0.2) is 41.2 Å². The Morgan fingerprint density at radius 1 is 1.24 bits per heavy atom. The first-order chi connectivity index (χ1) is 11.8. The number of halogens is 2. The van der Waals surface area contributed by atoms with Gasteiger partial charge in [0.2, 0.25) is 5.91 Å². The number of carbonyl (C=O) groups excluding carboxylic acids is 1. The van der Waals surface area contributed by atoms with Crippen molar-refractivity contribution in [1.82, 2.24) is 20.0 Å². The van der Waals surface area contributed by atoms with E-state index in [2.05, 4.69) is 15.3 Å². The molecule has 7 heteroatoms. The number of hydrogen-bond donors (Lipinski definition) is 1. The molecule has 0 saturated carbocycles. The maximum atomic E-state index is 12.5. The predicted octanol–water partition coefficient (Wildman–Crippen LogP) is 3.62. The van der Waals surface area contributed by atoms with Crippen molar-refractivity contribution in [3.8, 4) is 0 Å². The Labute approximate surface area is 158 Å². The van der Waals surface area contributed by atoms with Crippen molar-refractivity contribution < 1.29 is 4.79 Å². The zero-order valence-electron chi connectivity index (χ0n) is 15.0. The molecule has 1 aromatic heterocycles. The Morgan fingerprint density at radius 2 is 1.88 bits per heavy atom. The molecule has 1 amide bonds. The van der Waals surface area contributed by atoms with Gasteiger partial charge in [-0.2, -0.15) is 5.10 Å². The lowest BCUT2D eigenvalue weighted by molar-refractivity contribution is -0.122. The molecule has 1 unspecified atom stereocenters. The maximum absolute atomic E-state index is 12.5. The monoisotopic (exact) mass is 382 g/mol. The highest BCUT2D eigenvalue weighted by atomic mass is 35.5. The van der Waals surface area contributed by atoms with Gasteiger partial charge in [0, 0.05) is 5.02 Å². The zero-order valence-corrected chi connectivity index (χ0v) is 16.5. The third-order valence-electron chi connectivity index (χ3n) is 4.06. The molecule has 0 aliphatic rings. The molecular formula is C18H24Cl2N4O. The molecule has 1 N–H and O–H groups in total. The van der Waals surface area contributed by atoms with Crippen molar-refractivity contribution in [2.45, 2.75) is 32.9 Å². The number of rotatable bonds is 7. The molecule has 2 aromatic rings. The molecule has 2 rings (SSSR count). The van der Waals surface area contributed by atoms with Crippen LogP contribution in [-0.2, 0) is 11.3 Å². The number of amides is 1. The summed E-state index contributed by atoms with van der Waals surface area (Å²) in [6.45, 7) is 4.69. The van der Waals surface area contributed by atoms with E-state index in [0.29, 0.717) is 10.0 Å². The molecule has 0 aliphatic heterocycles. The summed E-state index contributed by atoms with van der Waals surface area (Å²) < 4.78 is 1.64. The Morgan fingerprint density at radius 3 is 2.40 bits per heavy atom. The van der Waals surface area contributed by atoms with Crippen LogP contribution in [0.2, 0.25) is 10.0 Å². The average Bonchev–Trinajstić information content (AvgIpc) is 2.79. The molecule has 25 heavy (non-hydrogen) atoms. The molecule has 0 saturated heterocycles. The van der Waals surface area contributed by atoms with Crippen LogP contribution in [0.3, 0.4) is 0 Å². The molecule has 0 fully saturated rings. The summed E-state index contributed by atoms with van der Waals surface area (Å²) in [5.74, 6) is -0.0963. The minimum absolute atomic E-state index is 0.0837. The highest BCUT2D eigenvalue weighted by molar-refractivity contribution is 6.31. The smallest absolute Gasteiger partial charge is 0.242 e. The second-order valence-electron chi connectivity index (χ2n) is 6.41. The topological polar surface area (TPSA) is 50.2 Å². The highest BCUT2D eigenvalue weighted by Gasteiger charge is 2.17. The van der Waals surface area contributed by atoms with Gasteiger partial charge < -0.3 is 10.2 Å². The van der Waals surface area contributed by atoms with Crippen molar-refractivity contribution in [2.75, 3.05) is 20.6 Å². The van der Waals surface area contributed by atoms with Crippen molar-refractivity contribution in [2.24, 2.45) is 0 Å². The molecular weight excluding hydrogens is 359 g/mol. The Bertz CT molecular complexity index is 725. The molecule has 0 bridgehead atoms. The van der Waals surface area contributed by atoms with Gasteiger partial charge in [0.1, 0.15) is 6.54 Å². The SMILES string of the molecule is Cc1nn(CC(=O)NC(CCN(C)C)c2ccc(Cl)cc2)c(C)c1Cl. The van der Waals surface area contributed by atoms with E-state index >= 15 is 0 Å². The third-order valence-corrected chi connectivity index (χ3v) is 4.86. The summed E-state index contributed by atoms with van der Waals surface area (Å²) in [7, 11) is 4.03. The van der Waals surface area contributed by atoms with Crippen LogP contribution in [0.25, 0.3) is 0 Å². The minimum atomic E-state index is -0.0963. The predicted molar refractivity (Wildman–Crippen MR) is 102 cm³/mol. The van der Waals surface area contributed by atoms with Crippen molar-refractivity contribution >= 4 is 29.1 Å². The number of hydrogen-bond acceptors (Lipinski definition) is 3. The van der Waals surface area contributed by atoms with Gasteiger partial charge in [-0.1, -0.05) is 35.3 Å². The lowest BCUT2D eigenvalue weighted by Gasteiger charge is -2.21. The summed E-state index contributed by atoms with van der Waals surface area (Å²) in [5.41, 5.74) is 2.56. The van der Waals surface area contributed by atoms with Gasteiger partial charge in [-0.15, -0.1) is 0 Å². The lowest BCUT2D eigenvalue weighted by atomic mass is 10.0. The molecule has 1 heterocycles. The van der Waals surface area contributed by atoms with Gasteiger partial charge in [-0.25, -0.2) is 0 Å². The molecule has 1 atom stereocenters. The van der Waals surface area contributed by atoms with Gasteiger partial charge in [0.05, 0.1) is 22.5 Å². The van der Waals surface area contributed by atoms with Crippen LogP contribution in [0.1, 0.15) is 29.4 Å². The Balaban J connectivity index is 2.10. The van der Waals surface area contributed by atoms with Crippen LogP contribution in [0, 0.1) is 13.8 Å². The number of nitrogens with zero attached hydrogens (tertiary/aromatic N) is 3. The number of aromatic nitrogens is 2. The van der Waals surface area contributed by atoms with Gasteiger partial charge in [-0.05, 0) is 58.6 Å². The normalized spacial score (nSPS) is 12.4. The molecule has 0 aliphatic carbocycles. The molecule has 0 spiro atoms. The Hall–Kier alpha value is -1.56. The van der Waals surface area contributed by atoms with E-state index in [1.165, 1.54) is 0 Å². The van der Waals surface area contributed by atoms with Crippen molar-refractivity contribution in [3.05, 3.63) is 51.3 Å². The number of aryl methyl sites for hydroxylation is 1. The first-order valence-corrected chi connectivity index (χ1v) is 8.92. The van der Waals surface area contributed by atoms with Crippen LogP contribution in [0.4, 0.5) is 0 Å². The summed E-state index contributed by atoms with van der Waals surface area (Å²) in [4.78, 5) is 14.6.